The molecule has 0 bridgehead atoms. The molecule has 0 saturated carbocycles. The number of sulfonamides is 1. The summed E-state index contributed by atoms with van der Waals surface area (Å²) < 4.78 is 32.9. The van der Waals surface area contributed by atoms with Crippen LogP contribution in [0.4, 0.5) is 5.69 Å². The molecular weight excluding hydrogens is 398 g/mol. The van der Waals surface area contributed by atoms with Gasteiger partial charge in [0.1, 0.15) is 11.4 Å². The Morgan fingerprint density at radius 2 is 1.76 bits per heavy atom. The fraction of sp³-hybridized carbons (Fsp3) is 0.316. The SMILES string of the molecule is CC(=O)c1ccc(NC(=O)Cn2cccc(S(=O)(=O)N3CCOCC3)c2=O)cc1. The number of carbonyl (C=O) groups excluding carboxylic acids is 2. The van der Waals surface area contributed by atoms with E-state index in [1.807, 2.05) is 0 Å². The molecule has 1 fully saturated rings. The van der Waals surface area contributed by atoms with E-state index in [0.29, 0.717) is 11.3 Å². The van der Waals surface area contributed by atoms with E-state index >= 15 is 0 Å². The average molecular weight is 419 g/mol. The molecule has 1 aromatic carbocycles. The van der Waals surface area contributed by atoms with Gasteiger partial charge in [-0.15, -0.1) is 0 Å². The highest BCUT2D eigenvalue weighted by molar-refractivity contribution is 7.89. The van der Waals surface area contributed by atoms with Gasteiger partial charge in [-0.05, 0) is 43.3 Å². The monoisotopic (exact) mass is 419 g/mol. The van der Waals surface area contributed by atoms with Crippen molar-refractivity contribution in [3.8, 4) is 0 Å². The second-order valence-corrected chi connectivity index (χ2v) is 8.41. The van der Waals surface area contributed by atoms with Crippen molar-refractivity contribution in [3.63, 3.8) is 0 Å². The maximum atomic E-state index is 12.8. The van der Waals surface area contributed by atoms with E-state index in [4.69, 9.17) is 4.74 Å². The molecule has 0 radical (unpaired) electrons. The molecule has 0 unspecified atom stereocenters. The predicted octanol–water partition coefficient (Wildman–Crippen LogP) is 0.710. The molecule has 3 rings (SSSR count). The number of morpholine rings is 1. The lowest BCUT2D eigenvalue weighted by atomic mass is 10.1. The number of nitrogens with zero attached hydrogens (tertiary/aromatic N) is 2. The zero-order chi connectivity index (χ0) is 21.0. The van der Waals surface area contributed by atoms with Gasteiger partial charge in [-0.1, -0.05) is 0 Å². The van der Waals surface area contributed by atoms with Crippen molar-refractivity contribution in [2.45, 2.75) is 18.4 Å². The molecule has 1 amide bonds. The number of amides is 1. The third-order valence-corrected chi connectivity index (χ3v) is 6.37. The molecule has 2 heterocycles. The lowest BCUT2D eigenvalue weighted by molar-refractivity contribution is -0.116. The van der Waals surface area contributed by atoms with Gasteiger partial charge in [-0.2, -0.15) is 4.31 Å². The molecule has 0 spiro atoms. The minimum Gasteiger partial charge on any atom is -0.379 e. The van der Waals surface area contributed by atoms with Gasteiger partial charge < -0.3 is 14.6 Å². The Balaban J connectivity index is 1.76. The summed E-state index contributed by atoms with van der Waals surface area (Å²) in [4.78, 5) is 35.9. The Morgan fingerprint density at radius 1 is 1.10 bits per heavy atom. The van der Waals surface area contributed by atoms with Gasteiger partial charge in [-0.3, -0.25) is 14.4 Å². The van der Waals surface area contributed by atoms with Crippen molar-refractivity contribution in [1.29, 1.82) is 0 Å². The van der Waals surface area contributed by atoms with Crippen molar-refractivity contribution >= 4 is 27.4 Å². The molecule has 1 aliphatic rings. The van der Waals surface area contributed by atoms with Gasteiger partial charge in [0, 0.05) is 30.5 Å². The topological polar surface area (TPSA) is 115 Å². The fourth-order valence-corrected chi connectivity index (χ4v) is 4.40. The molecule has 1 N–H and O–H groups in total. The summed E-state index contributed by atoms with van der Waals surface area (Å²) in [5.74, 6) is -0.587. The van der Waals surface area contributed by atoms with E-state index < -0.39 is 21.5 Å². The molecule has 0 aliphatic carbocycles. The first-order valence-electron chi connectivity index (χ1n) is 8.97. The summed E-state index contributed by atoms with van der Waals surface area (Å²) in [6.07, 6.45) is 1.36. The van der Waals surface area contributed by atoms with Crippen molar-refractivity contribution in [2.24, 2.45) is 0 Å². The Kier molecular flexibility index (Phi) is 6.26. The highest BCUT2D eigenvalue weighted by Crippen LogP contribution is 2.14. The van der Waals surface area contributed by atoms with Crippen molar-refractivity contribution in [3.05, 3.63) is 58.5 Å². The number of ketones is 1. The van der Waals surface area contributed by atoms with Gasteiger partial charge in [0.2, 0.25) is 15.9 Å². The number of rotatable bonds is 6. The van der Waals surface area contributed by atoms with E-state index in [0.717, 1.165) is 4.57 Å². The van der Waals surface area contributed by atoms with Gasteiger partial charge in [0.05, 0.1) is 13.2 Å². The van der Waals surface area contributed by atoms with Crippen LogP contribution in [0.5, 0.6) is 0 Å². The van der Waals surface area contributed by atoms with Crippen LogP contribution >= 0.6 is 0 Å². The van der Waals surface area contributed by atoms with Crippen LogP contribution in [-0.2, 0) is 26.1 Å². The number of benzene rings is 1. The van der Waals surface area contributed by atoms with E-state index in [-0.39, 0.29) is 43.5 Å². The largest absolute Gasteiger partial charge is 0.379 e. The van der Waals surface area contributed by atoms with Crippen LogP contribution in [0.1, 0.15) is 17.3 Å². The third kappa shape index (κ3) is 4.78. The second kappa shape index (κ2) is 8.68. The van der Waals surface area contributed by atoms with Crippen LogP contribution in [-0.4, -0.2) is 55.3 Å². The summed E-state index contributed by atoms with van der Waals surface area (Å²) in [6.45, 7) is 1.98. The van der Waals surface area contributed by atoms with Crippen LogP contribution in [0, 0.1) is 0 Å². The number of carbonyl (C=O) groups is 2. The lowest BCUT2D eigenvalue weighted by Gasteiger charge is -2.25. The van der Waals surface area contributed by atoms with Crippen molar-refractivity contribution in [2.75, 3.05) is 31.6 Å². The minimum absolute atomic E-state index is 0.0901. The maximum absolute atomic E-state index is 12.8. The van der Waals surface area contributed by atoms with Crippen LogP contribution in [0.2, 0.25) is 0 Å². The molecule has 2 aromatic rings. The molecule has 154 valence electrons. The van der Waals surface area contributed by atoms with Crippen LogP contribution in [0.15, 0.2) is 52.3 Å². The zero-order valence-corrected chi connectivity index (χ0v) is 16.6. The smallest absolute Gasteiger partial charge is 0.271 e. The fourth-order valence-electron chi connectivity index (χ4n) is 2.91. The number of pyridine rings is 1. The summed E-state index contributed by atoms with van der Waals surface area (Å²) in [5.41, 5.74) is 0.214. The Labute approximate surface area is 168 Å². The van der Waals surface area contributed by atoms with E-state index in [1.165, 1.54) is 29.6 Å². The normalized spacial score (nSPS) is 15.1. The van der Waals surface area contributed by atoms with Gasteiger partial charge >= 0.3 is 0 Å². The quantitative estimate of drug-likeness (QED) is 0.690. The Hall–Kier alpha value is -2.82. The van der Waals surface area contributed by atoms with E-state index in [9.17, 15) is 22.8 Å². The number of anilines is 1. The first-order valence-corrected chi connectivity index (χ1v) is 10.4. The number of Topliss-reactive ketones (excluding diaryl/α,β-unsaturated/α-hetero) is 1. The molecule has 29 heavy (non-hydrogen) atoms. The second-order valence-electron chi connectivity index (χ2n) is 6.50. The number of ether oxygens (including phenoxy) is 1. The molecule has 10 heteroatoms. The first kappa shape index (κ1) is 20.9. The van der Waals surface area contributed by atoms with Gasteiger partial charge in [0.25, 0.3) is 5.56 Å². The number of hydrogen-bond donors (Lipinski definition) is 1. The molecular formula is C19H21N3O6S. The van der Waals surface area contributed by atoms with Crippen molar-refractivity contribution < 1.29 is 22.7 Å². The molecule has 1 aliphatic heterocycles. The third-order valence-electron chi connectivity index (χ3n) is 4.46. The van der Waals surface area contributed by atoms with E-state index in [2.05, 4.69) is 5.32 Å². The van der Waals surface area contributed by atoms with Crippen LogP contribution in [0.3, 0.4) is 0 Å². The molecule has 0 atom stereocenters. The highest BCUT2D eigenvalue weighted by atomic mass is 32.2. The molecule has 1 saturated heterocycles. The minimum atomic E-state index is -3.97. The molecule has 9 nitrogen and oxygen atoms in total. The van der Waals surface area contributed by atoms with Gasteiger partial charge in [0.15, 0.2) is 5.78 Å². The summed E-state index contributed by atoms with van der Waals surface area (Å²) >= 11 is 0. The zero-order valence-electron chi connectivity index (χ0n) is 15.8. The standard InChI is InChI=1S/C19H21N3O6S/c1-14(23)15-4-6-16(7-5-15)20-18(24)13-21-8-2-3-17(19(21)25)29(26,27)22-9-11-28-12-10-22/h2-8H,9-13H2,1H3,(H,20,24). The van der Waals surface area contributed by atoms with Gasteiger partial charge in [-0.25, -0.2) is 8.42 Å². The van der Waals surface area contributed by atoms with Crippen LogP contribution in [0.25, 0.3) is 0 Å². The predicted molar refractivity (Wildman–Crippen MR) is 105 cm³/mol. The first-order chi connectivity index (χ1) is 13.8. The number of nitrogens with one attached hydrogen (secondary N) is 1. The number of aromatic nitrogens is 1. The van der Waals surface area contributed by atoms with Crippen LogP contribution < -0.4 is 10.9 Å². The summed E-state index contributed by atoms with van der Waals surface area (Å²) in [6, 6.07) is 8.98. The maximum Gasteiger partial charge on any atom is 0.271 e. The summed E-state index contributed by atoms with van der Waals surface area (Å²) in [7, 11) is -3.97. The highest BCUT2D eigenvalue weighted by Gasteiger charge is 2.29. The summed E-state index contributed by atoms with van der Waals surface area (Å²) in [5, 5.41) is 2.62. The Bertz CT molecular complexity index is 1070. The number of hydrogen-bond acceptors (Lipinski definition) is 6. The van der Waals surface area contributed by atoms with E-state index in [1.54, 1.807) is 24.3 Å². The average Bonchev–Trinajstić information content (AvgIpc) is 2.70. The van der Waals surface area contributed by atoms with Crippen molar-refractivity contribution in [1.82, 2.24) is 8.87 Å². The molecule has 1 aromatic heterocycles. The Morgan fingerprint density at radius 3 is 2.38 bits per heavy atom. The lowest BCUT2D eigenvalue weighted by Crippen LogP contribution is -2.43.